The third-order valence-corrected chi connectivity index (χ3v) is 10.8. The van der Waals surface area contributed by atoms with Crippen molar-refractivity contribution in [1.29, 1.82) is 0 Å². The molecule has 1 aliphatic heterocycles. The molecule has 0 N–H and O–H groups in total. The molecule has 188 valence electrons. The Balaban J connectivity index is 1.86. The van der Waals surface area contributed by atoms with E-state index in [4.69, 9.17) is 17.0 Å². The van der Waals surface area contributed by atoms with Crippen molar-refractivity contribution in [3.8, 4) is 5.75 Å². The van der Waals surface area contributed by atoms with Crippen LogP contribution in [0.15, 0.2) is 78.9 Å². The summed E-state index contributed by atoms with van der Waals surface area (Å²) in [6.45, 7) is 0. The highest BCUT2D eigenvalue weighted by atomic mass is 32.3. The lowest BCUT2D eigenvalue weighted by atomic mass is 10.0. The maximum atomic E-state index is 13.8. The number of ether oxygens (including phenoxy) is 1. The number of benzene rings is 3. The van der Waals surface area contributed by atoms with Gasteiger partial charge >= 0.3 is 4.20 Å². The molecule has 4 rings (SSSR count). The van der Waals surface area contributed by atoms with Gasteiger partial charge in [-0.25, -0.2) is 16.8 Å². The number of anilines is 2. The van der Waals surface area contributed by atoms with Gasteiger partial charge in [0.1, 0.15) is 5.75 Å². The highest BCUT2D eigenvalue weighted by molar-refractivity contribution is 8.11. The molecular formula is C25H24N2O6S3. The average molecular weight is 545 g/mol. The van der Waals surface area contributed by atoms with Gasteiger partial charge in [0.15, 0.2) is 24.8 Å². The molecule has 1 fully saturated rings. The first-order chi connectivity index (χ1) is 16.9. The first kappa shape index (κ1) is 25.8. The highest BCUT2D eigenvalue weighted by Gasteiger charge is 2.70. The van der Waals surface area contributed by atoms with E-state index in [1.807, 2.05) is 30.3 Å². The molecule has 0 bridgehead atoms. The minimum atomic E-state index is -4.58. The first-order valence-electron chi connectivity index (χ1n) is 10.8. The molecule has 1 aliphatic rings. The van der Waals surface area contributed by atoms with Crippen LogP contribution >= 0.6 is 12.2 Å². The molecule has 0 radical (unpaired) electrons. The van der Waals surface area contributed by atoms with Crippen LogP contribution in [0.4, 0.5) is 11.4 Å². The monoisotopic (exact) mass is 544 g/mol. The molecule has 3 aromatic carbocycles. The normalized spacial score (nSPS) is 15.9. The number of amides is 1. The lowest BCUT2D eigenvalue weighted by molar-refractivity contribution is -0.117. The summed E-state index contributed by atoms with van der Waals surface area (Å²) < 4.78 is 54.9. The number of hydrogen-bond acceptors (Lipinski definition) is 7. The quantitative estimate of drug-likeness (QED) is 0.418. The van der Waals surface area contributed by atoms with E-state index in [9.17, 15) is 21.6 Å². The van der Waals surface area contributed by atoms with E-state index in [2.05, 4.69) is 0 Å². The molecule has 1 amide bonds. The van der Waals surface area contributed by atoms with E-state index in [1.165, 1.54) is 19.2 Å². The second kappa shape index (κ2) is 9.30. The highest BCUT2D eigenvalue weighted by Crippen LogP contribution is 2.43. The number of hydrogen-bond donors (Lipinski definition) is 0. The Bertz CT molecular complexity index is 1490. The van der Waals surface area contributed by atoms with Crippen LogP contribution in [0.1, 0.15) is 11.1 Å². The van der Waals surface area contributed by atoms with Crippen LogP contribution in [0.5, 0.6) is 5.75 Å². The number of carbonyl (C=O) groups is 1. The van der Waals surface area contributed by atoms with Gasteiger partial charge in [-0.05, 0) is 66.2 Å². The third-order valence-electron chi connectivity index (χ3n) is 5.93. The van der Waals surface area contributed by atoms with E-state index in [0.717, 1.165) is 33.4 Å². The van der Waals surface area contributed by atoms with Gasteiger partial charge in [0.05, 0.1) is 12.8 Å². The van der Waals surface area contributed by atoms with Gasteiger partial charge in [-0.2, -0.15) is 0 Å². The van der Waals surface area contributed by atoms with Crippen LogP contribution in [0, 0.1) is 0 Å². The van der Waals surface area contributed by atoms with Crippen LogP contribution in [-0.2, 0) is 30.9 Å². The Hall–Kier alpha value is -3.28. The number of carbonyl (C=O) groups excluding carboxylic acids is 1. The SMILES string of the molecule is COc1ccc(N2C(=O)C(S(C)(=O)=O)(S(C)(=O)=O)N(c3ccc(Cc4ccccc4)cc3)C2=S)cc1. The van der Waals surface area contributed by atoms with Gasteiger partial charge in [-0.15, -0.1) is 0 Å². The second-order valence-electron chi connectivity index (χ2n) is 8.41. The Morgan fingerprint density at radius 2 is 1.28 bits per heavy atom. The zero-order chi connectivity index (χ0) is 26.3. The molecule has 3 aromatic rings. The molecule has 11 heteroatoms. The van der Waals surface area contributed by atoms with Crippen LogP contribution in [-0.4, -0.2) is 51.7 Å². The molecule has 0 atom stereocenters. The van der Waals surface area contributed by atoms with Crippen molar-refractivity contribution in [2.24, 2.45) is 0 Å². The largest absolute Gasteiger partial charge is 0.497 e. The van der Waals surface area contributed by atoms with E-state index in [-0.39, 0.29) is 16.5 Å². The Morgan fingerprint density at radius 3 is 1.78 bits per heavy atom. The Labute approximate surface area is 215 Å². The molecule has 8 nitrogen and oxygen atoms in total. The molecule has 0 aromatic heterocycles. The summed E-state index contributed by atoms with van der Waals surface area (Å²) >= 11 is 5.56. The standard InChI is InChI=1S/C25H24N2O6S3/c1-33-22-15-13-20(14-16-22)26-23(28)25(35(2,29)30,36(3,31)32)27(24(26)34)21-11-9-19(10-12-21)17-18-7-5-4-6-8-18/h4-16H,17H2,1-3H3. The lowest BCUT2D eigenvalue weighted by Gasteiger charge is -2.32. The maximum Gasteiger partial charge on any atom is 0.328 e. The molecule has 0 spiro atoms. The van der Waals surface area contributed by atoms with Gasteiger partial charge in [0.25, 0.3) is 5.91 Å². The lowest BCUT2D eigenvalue weighted by Crippen LogP contribution is -2.61. The van der Waals surface area contributed by atoms with Crippen molar-refractivity contribution in [2.45, 2.75) is 10.6 Å². The minimum absolute atomic E-state index is 0.164. The van der Waals surface area contributed by atoms with Crippen molar-refractivity contribution in [3.63, 3.8) is 0 Å². The Kier molecular flexibility index (Phi) is 6.67. The molecular weight excluding hydrogens is 520 g/mol. The zero-order valence-electron chi connectivity index (χ0n) is 19.8. The molecule has 0 unspecified atom stereocenters. The number of rotatable bonds is 7. The molecule has 1 heterocycles. The van der Waals surface area contributed by atoms with Crippen molar-refractivity contribution in [3.05, 3.63) is 90.0 Å². The first-order valence-corrected chi connectivity index (χ1v) is 15.0. The minimum Gasteiger partial charge on any atom is -0.497 e. The Morgan fingerprint density at radius 1 is 0.778 bits per heavy atom. The number of nitrogens with zero attached hydrogens (tertiary/aromatic N) is 2. The fourth-order valence-corrected chi connectivity index (χ4v) is 8.92. The predicted molar refractivity (Wildman–Crippen MR) is 144 cm³/mol. The molecule has 0 aliphatic carbocycles. The van der Waals surface area contributed by atoms with Gasteiger partial charge in [0, 0.05) is 18.2 Å². The number of sulfone groups is 2. The average Bonchev–Trinajstić information content (AvgIpc) is 3.07. The van der Waals surface area contributed by atoms with Crippen molar-refractivity contribution in [1.82, 2.24) is 0 Å². The van der Waals surface area contributed by atoms with Crippen molar-refractivity contribution in [2.75, 3.05) is 29.4 Å². The fraction of sp³-hybridized carbons (Fsp3) is 0.200. The number of thiocarbonyl (C=S) groups is 1. The van der Waals surface area contributed by atoms with E-state index >= 15 is 0 Å². The van der Waals surface area contributed by atoms with Gasteiger partial charge < -0.3 is 4.74 Å². The van der Waals surface area contributed by atoms with Crippen LogP contribution in [0.3, 0.4) is 0 Å². The summed E-state index contributed by atoms with van der Waals surface area (Å²) in [5, 5.41) is -0.267. The second-order valence-corrected chi connectivity index (χ2v) is 13.3. The van der Waals surface area contributed by atoms with Crippen LogP contribution < -0.4 is 14.5 Å². The molecule has 1 saturated heterocycles. The molecule has 36 heavy (non-hydrogen) atoms. The molecule has 0 saturated carbocycles. The fourth-order valence-electron chi connectivity index (χ4n) is 4.31. The zero-order valence-corrected chi connectivity index (χ0v) is 22.2. The third kappa shape index (κ3) is 4.16. The summed E-state index contributed by atoms with van der Waals surface area (Å²) in [6, 6.07) is 22.5. The summed E-state index contributed by atoms with van der Waals surface area (Å²) in [4.78, 5) is 15.6. The van der Waals surface area contributed by atoms with E-state index in [0.29, 0.717) is 12.2 Å². The predicted octanol–water partition coefficient (Wildman–Crippen LogP) is 3.17. The van der Waals surface area contributed by atoms with E-state index in [1.54, 1.807) is 36.4 Å². The summed E-state index contributed by atoms with van der Waals surface area (Å²) in [7, 11) is -7.68. The van der Waals surface area contributed by atoms with Crippen LogP contribution in [0.25, 0.3) is 0 Å². The summed E-state index contributed by atoms with van der Waals surface area (Å²) in [5.41, 5.74) is 2.37. The maximum absolute atomic E-state index is 13.8. The van der Waals surface area contributed by atoms with E-state index < -0.39 is 29.8 Å². The van der Waals surface area contributed by atoms with Crippen LogP contribution in [0.2, 0.25) is 0 Å². The van der Waals surface area contributed by atoms with Gasteiger partial charge in [-0.3, -0.25) is 14.6 Å². The van der Waals surface area contributed by atoms with Gasteiger partial charge in [-0.1, -0.05) is 42.5 Å². The topological polar surface area (TPSA) is 101 Å². The number of methoxy groups -OCH3 is 1. The smallest absolute Gasteiger partial charge is 0.328 e. The summed E-state index contributed by atoms with van der Waals surface area (Å²) in [5.74, 6) is -0.685. The van der Waals surface area contributed by atoms with Crippen molar-refractivity contribution >= 4 is 54.3 Å². The van der Waals surface area contributed by atoms with Crippen molar-refractivity contribution < 1.29 is 26.4 Å². The summed E-state index contributed by atoms with van der Waals surface area (Å²) in [6.07, 6.45) is 2.07. The van der Waals surface area contributed by atoms with Gasteiger partial charge in [0.2, 0.25) is 0 Å².